The molecule has 16 heteroatoms. The predicted octanol–water partition coefficient (Wildman–Crippen LogP) is 14.3. The molecule has 0 unspecified atom stereocenters. The highest BCUT2D eigenvalue weighted by Gasteiger charge is 2.33. The third kappa shape index (κ3) is 26.8. The van der Waals surface area contributed by atoms with E-state index in [0.29, 0.717) is 84.3 Å². The van der Waals surface area contributed by atoms with Crippen molar-refractivity contribution in [3.63, 3.8) is 0 Å². The summed E-state index contributed by atoms with van der Waals surface area (Å²) in [5.41, 5.74) is 6.18. The van der Waals surface area contributed by atoms with Gasteiger partial charge in [-0.25, -0.2) is 0 Å². The summed E-state index contributed by atoms with van der Waals surface area (Å²) in [5, 5.41) is 9.13. The van der Waals surface area contributed by atoms with Crippen LogP contribution in [0.4, 0.5) is 0 Å². The molecule has 13 rings (SSSR count). The quantitative estimate of drug-likeness (QED) is 0.0701. The van der Waals surface area contributed by atoms with E-state index in [0.717, 1.165) is 133 Å². The van der Waals surface area contributed by atoms with Gasteiger partial charge in [0.15, 0.2) is 29.4 Å². The third-order valence-corrected chi connectivity index (χ3v) is 30.3. The fraction of sp³-hybridized carbons (Fsp3) is 0.513. The molecule has 0 saturated carbocycles. The zero-order chi connectivity index (χ0) is 65.8. The van der Waals surface area contributed by atoms with E-state index in [1.807, 2.05) is 24.3 Å². The molecule has 6 fully saturated rings. The van der Waals surface area contributed by atoms with Crippen LogP contribution in [0.3, 0.4) is 0 Å². The Morgan fingerprint density at radius 2 is 0.745 bits per heavy atom. The number of rotatable bonds is 17. The Kier molecular flexibility index (Phi) is 35.3. The lowest BCUT2D eigenvalue weighted by molar-refractivity contribution is 0.146. The van der Waals surface area contributed by atoms with Crippen molar-refractivity contribution in [3.8, 4) is 17.2 Å². The molecule has 10 nitrogen and oxygen atoms in total. The van der Waals surface area contributed by atoms with Gasteiger partial charge in [0.05, 0.1) is 92.5 Å². The third-order valence-electron chi connectivity index (χ3n) is 16.7. The molecular formula is C78H110O10S6+6. The minimum Gasteiger partial charge on any atom is -0.508 e. The molecule has 6 heterocycles. The number of benzene rings is 6. The maximum absolute atomic E-state index is 9.13. The van der Waals surface area contributed by atoms with Crippen molar-refractivity contribution in [1.82, 2.24) is 0 Å². The van der Waals surface area contributed by atoms with Gasteiger partial charge in [-0.2, -0.15) is 0 Å². The number of hydrogen-bond donors (Lipinski definition) is 1. The number of hydrogen-bond acceptors (Lipinski definition) is 10. The molecule has 0 amide bonds. The van der Waals surface area contributed by atoms with Crippen LogP contribution < -0.4 is 9.47 Å². The van der Waals surface area contributed by atoms with Crippen LogP contribution in [0.25, 0.3) is 4.91 Å². The molecule has 6 aromatic rings. The van der Waals surface area contributed by atoms with Crippen molar-refractivity contribution in [2.45, 2.75) is 103 Å². The summed E-state index contributed by atoms with van der Waals surface area (Å²) in [6, 6.07) is 52.0. The fourth-order valence-electron chi connectivity index (χ4n) is 11.1. The van der Waals surface area contributed by atoms with E-state index in [2.05, 4.69) is 150 Å². The van der Waals surface area contributed by atoms with E-state index in [4.69, 9.17) is 47.7 Å². The Labute approximate surface area is 583 Å². The number of unbranched alkanes of at least 4 members (excludes halogenated alkanes) is 2. The highest BCUT2D eigenvalue weighted by Crippen LogP contribution is 2.34. The van der Waals surface area contributed by atoms with Crippen molar-refractivity contribution in [1.29, 1.82) is 0 Å². The number of fused-ring (bicyclic) bond motifs is 1. The first-order valence-electron chi connectivity index (χ1n) is 34.3. The van der Waals surface area contributed by atoms with Crippen LogP contribution in [0.2, 0.25) is 0 Å². The smallest absolute Gasteiger partial charge is 0.158 e. The van der Waals surface area contributed by atoms with E-state index in [-0.39, 0.29) is 5.41 Å². The molecule has 0 radical (unpaired) electrons. The average molecular weight is 1400 g/mol. The maximum atomic E-state index is 9.13. The molecule has 94 heavy (non-hydrogen) atoms. The minimum absolute atomic E-state index is 0.261. The molecule has 0 bridgehead atoms. The largest absolute Gasteiger partial charge is 0.508 e. The number of phenols is 1. The van der Waals surface area contributed by atoms with Crippen molar-refractivity contribution in [2.24, 2.45) is 0 Å². The van der Waals surface area contributed by atoms with Crippen LogP contribution in [-0.2, 0) is 117 Å². The van der Waals surface area contributed by atoms with Crippen LogP contribution in [0.1, 0.15) is 82.6 Å². The Bertz CT molecular complexity index is 2910. The van der Waals surface area contributed by atoms with Gasteiger partial charge in [-0.1, -0.05) is 89.9 Å². The van der Waals surface area contributed by atoms with Gasteiger partial charge in [-0.05, 0) is 157 Å². The molecule has 7 aliphatic rings. The molecule has 512 valence electrons. The van der Waals surface area contributed by atoms with E-state index >= 15 is 0 Å². The van der Waals surface area contributed by atoms with Crippen LogP contribution in [0.15, 0.2) is 176 Å². The summed E-state index contributed by atoms with van der Waals surface area (Å²) < 4.78 is 48.5. The first-order chi connectivity index (χ1) is 46.1. The summed E-state index contributed by atoms with van der Waals surface area (Å²) in [7, 11) is 4.13. The van der Waals surface area contributed by atoms with Crippen LogP contribution >= 0.6 is 0 Å². The number of phenolic OH excluding ortho intramolecular Hbond substituents is 1. The standard InChI is InChI=1S/C14H21O2S.2C14H21OS.C13H19O3S.C13H15OS.C10H12O2S/c1-2-3-8-16-13-4-6-14(7-5-13)17-11-9-15-10-12-17;1-14(2,3)12-4-6-13(7-5-12)16-10-8-15-9-11-16;1-2-3-4-13-5-7-14(8-6-13)16-11-9-15-10-12-16;1-14-6-7-16-12-2-4-13(5-3-12)17-10-8-15-9-11-17;1-2-4-12-11(3-1)5-6-13(12)15-9-7-14-8-10-15;11-9-1-3-10(4-2-9)13-7-5-12-6-8-13/h4-7H,2-3,8-12H2,1H3;4-7H,8-11H2,1-3H3;5-8H,2-4,9-12H2,1H3;2-5H,6-11H2,1H3;1-4,6H,5,7-10H2;1-4H,5-8H2/q5*+1;/p+1. The lowest BCUT2D eigenvalue weighted by Crippen LogP contribution is -2.26. The summed E-state index contributed by atoms with van der Waals surface area (Å²) in [4.78, 5) is 8.87. The fourth-order valence-corrected chi connectivity index (χ4v) is 22.4. The molecule has 1 N–H and O–H groups in total. The highest BCUT2D eigenvalue weighted by atomic mass is 32.2. The van der Waals surface area contributed by atoms with E-state index in [1.54, 1.807) is 24.1 Å². The van der Waals surface area contributed by atoms with Crippen LogP contribution in [-0.4, -0.2) is 180 Å². The Hall–Kier alpha value is -3.72. The molecule has 0 spiro atoms. The Morgan fingerprint density at radius 3 is 1.13 bits per heavy atom. The summed E-state index contributed by atoms with van der Waals surface area (Å²) >= 11 is 0. The van der Waals surface area contributed by atoms with E-state index < -0.39 is 0 Å². The van der Waals surface area contributed by atoms with E-state index in [9.17, 15) is 0 Å². The molecule has 0 atom stereocenters. The Morgan fingerprint density at radius 1 is 0.394 bits per heavy atom. The number of allylic oxidation sites excluding steroid dienone is 1. The topological polar surface area (TPSA) is 103 Å². The summed E-state index contributed by atoms with van der Waals surface area (Å²) in [6.45, 7) is 24.3. The van der Waals surface area contributed by atoms with Gasteiger partial charge in [0, 0.05) is 78.0 Å². The Balaban J connectivity index is 0.000000145. The van der Waals surface area contributed by atoms with Gasteiger partial charge in [-0.3, -0.25) is 0 Å². The zero-order valence-corrected chi connectivity index (χ0v) is 62.2. The minimum atomic E-state index is 0.261. The van der Waals surface area contributed by atoms with Crippen LogP contribution in [0.5, 0.6) is 17.2 Å². The number of aryl methyl sites for hydroxylation is 1. The lowest BCUT2D eigenvalue weighted by Gasteiger charge is -2.19. The second-order valence-corrected chi connectivity index (χ2v) is 38.1. The monoisotopic (exact) mass is 1400 g/mol. The predicted molar refractivity (Wildman–Crippen MR) is 406 cm³/mol. The zero-order valence-electron chi connectivity index (χ0n) is 57.3. The normalized spacial score (nSPS) is 18.3. The second-order valence-electron chi connectivity index (χ2n) is 24.5. The first-order valence-corrected chi connectivity index (χ1v) is 43.7. The molecule has 6 saturated heterocycles. The van der Waals surface area contributed by atoms with Gasteiger partial charge < -0.3 is 47.7 Å². The van der Waals surface area contributed by atoms with Gasteiger partial charge in [0.1, 0.15) is 92.9 Å². The number of ether oxygens (including phenoxy) is 9. The molecule has 1 aliphatic carbocycles. The molecule has 0 aromatic heterocycles. The highest BCUT2D eigenvalue weighted by molar-refractivity contribution is 8.05. The number of aromatic hydroxyl groups is 1. The van der Waals surface area contributed by atoms with Gasteiger partial charge in [0.25, 0.3) is 0 Å². The van der Waals surface area contributed by atoms with Crippen molar-refractivity contribution in [2.75, 3.05) is 175 Å². The van der Waals surface area contributed by atoms with Gasteiger partial charge >= 0.3 is 0 Å². The second kappa shape index (κ2) is 43.6. The van der Waals surface area contributed by atoms with Crippen molar-refractivity contribution >= 4 is 70.3 Å². The molecule has 6 aliphatic heterocycles. The van der Waals surface area contributed by atoms with Crippen LogP contribution in [0, 0.1) is 0 Å². The average Bonchev–Trinajstić information content (AvgIpc) is 1.76. The summed E-state index contributed by atoms with van der Waals surface area (Å²) in [5.74, 6) is 16.5. The first kappa shape index (κ1) is 76.0. The molecular weight excluding hydrogens is 1290 g/mol. The summed E-state index contributed by atoms with van der Waals surface area (Å²) in [6.07, 6.45) is 9.69. The van der Waals surface area contributed by atoms with E-state index in [1.165, 1.54) is 118 Å². The lowest BCUT2D eigenvalue weighted by atomic mass is 9.87. The van der Waals surface area contributed by atoms with Gasteiger partial charge in [0.2, 0.25) is 0 Å². The van der Waals surface area contributed by atoms with Crippen molar-refractivity contribution < 1.29 is 47.7 Å². The number of methoxy groups -OCH3 is 1. The SMILES string of the molecule is C1=C([S+]2CCOCC2)c2ccccc2C1.CC(C)(C)c1ccc([S+]2CCOCC2)cc1.CCCCOc1ccc([S+]2CCOCC2)cc1.CCCCc1ccc([S+]2CCOCC2)cc1.COCCOc1ccc([S+]2CCOCC2)cc1.Oc1ccc([S+]2CCOCC2)cc1. The van der Waals surface area contributed by atoms with Crippen molar-refractivity contribution in [3.05, 3.63) is 174 Å². The molecule has 6 aromatic carbocycles. The maximum Gasteiger partial charge on any atom is 0.158 e. The van der Waals surface area contributed by atoms with Gasteiger partial charge in [-0.15, -0.1) is 0 Å².